The zero-order valence-corrected chi connectivity index (χ0v) is 15.1. The van der Waals surface area contributed by atoms with Gasteiger partial charge in [0.25, 0.3) is 0 Å². The molecule has 0 aliphatic carbocycles. The van der Waals surface area contributed by atoms with Crippen molar-refractivity contribution in [2.24, 2.45) is 0 Å². The molecule has 0 saturated heterocycles. The summed E-state index contributed by atoms with van der Waals surface area (Å²) in [7, 11) is 0. The highest BCUT2D eigenvalue weighted by Crippen LogP contribution is 2.37. The minimum Gasteiger partial charge on any atom is -0.264 e. The Hall–Kier alpha value is -3.44. The van der Waals surface area contributed by atoms with Crippen molar-refractivity contribution in [3.05, 3.63) is 85.3 Å². The van der Waals surface area contributed by atoms with Gasteiger partial charge in [-0.25, -0.2) is 0 Å². The second-order valence-electron chi connectivity index (χ2n) is 6.06. The van der Waals surface area contributed by atoms with E-state index >= 15 is 0 Å². The van der Waals surface area contributed by atoms with Crippen molar-refractivity contribution < 1.29 is 0 Å². The molecule has 1 aromatic carbocycles. The molecule has 4 aromatic heterocycles. The van der Waals surface area contributed by atoms with Crippen molar-refractivity contribution in [1.82, 2.24) is 20.2 Å². The van der Waals surface area contributed by atoms with Gasteiger partial charge in [0, 0.05) is 34.9 Å². The highest BCUT2D eigenvalue weighted by molar-refractivity contribution is 7.18. The molecular formula is C22H14N4S. The highest BCUT2D eigenvalue weighted by Gasteiger charge is 2.14. The van der Waals surface area contributed by atoms with E-state index < -0.39 is 0 Å². The molecule has 128 valence electrons. The molecule has 4 heterocycles. The standard InChI is InChI=1S/C22H14N4S/c1-2-8-17-16(7-1)21(15-6-5-12-23-14-15)25-26-22(17)20-11-10-19(27-20)18-9-3-4-13-24-18/h1-14H. The predicted molar refractivity (Wildman–Crippen MR) is 109 cm³/mol. The summed E-state index contributed by atoms with van der Waals surface area (Å²) in [5.74, 6) is 0. The van der Waals surface area contributed by atoms with Crippen LogP contribution in [0.2, 0.25) is 0 Å². The summed E-state index contributed by atoms with van der Waals surface area (Å²) in [6.45, 7) is 0. The zero-order valence-electron chi connectivity index (χ0n) is 14.3. The average Bonchev–Trinajstić information content (AvgIpc) is 3.24. The topological polar surface area (TPSA) is 51.6 Å². The van der Waals surface area contributed by atoms with E-state index in [1.165, 1.54) is 0 Å². The summed E-state index contributed by atoms with van der Waals surface area (Å²) >= 11 is 1.68. The SMILES string of the molecule is c1ccc(-c2ccc(-c3nnc(-c4cccnc4)c4ccccc34)s2)nc1. The molecule has 0 N–H and O–H groups in total. The fraction of sp³-hybridized carbons (Fsp3) is 0. The molecule has 5 heteroatoms. The highest BCUT2D eigenvalue weighted by atomic mass is 32.1. The lowest BCUT2D eigenvalue weighted by Gasteiger charge is -2.08. The molecular weight excluding hydrogens is 352 g/mol. The molecule has 4 nitrogen and oxygen atoms in total. The molecule has 0 radical (unpaired) electrons. The maximum atomic E-state index is 4.57. The quantitative estimate of drug-likeness (QED) is 0.424. The third-order valence-electron chi connectivity index (χ3n) is 4.38. The van der Waals surface area contributed by atoms with E-state index in [-0.39, 0.29) is 0 Å². The van der Waals surface area contributed by atoms with Crippen LogP contribution in [0, 0.1) is 0 Å². The Kier molecular flexibility index (Phi) is 3.92. The summed E-state index contributed by atoms with van der Waals surface area (Å²) in [6, 6.07) is 22.3. The van der Waals surface area contributed by atoms with Crippen LogP contribution in [0.15, 0.2) is 85.3 Å². The van der Waals surface area contributed by atoms with Crippen molar-refractivity contribution in [2.75, 3.05) is 0 Å². The average molecular weight is 366 g/mol. The van der Waals surface area contributed by atoms with Crippen LogP contribution in [-0.4, -0.2) is 20.2 Å². The van der Waals surface area contributed by atoms with Gasteiger partial charge in [0.1, 0.15) is 11.4 Å². The smallest absolute Gasteiger partial charge is 0.111 e. The van der Waals surface area contributed by atoms with Crippen LogP contribution in [0.1, 0.15) is 0 Å². The Bertz CT molecular complexity index is 1220. The summed E-state index contributed by atoms with van der Waals surface area (Å²) in [6.07, 6.45) is 5.39. The minimum absolute atomic E-state index is 0.851. The predicted octanol–water partition coefficient (Wildman–Crippen LogP) is 5.48. The van der Waals surface area contributed by atoms with E-state index in [1.54, 1.807) is 17.5 Å². The first-order valence-corrected chi connectivity index (χ1v) is 9.39. The first kappa shape index (κ1) is 15.8. The van der Waals surface area contributed by atoms with E-state index in [4.69, 9.17) is 0 Å². The normalized spacial score (nSPS) is 11.0. The molecule has 0 fully saturated rings. The molecule has 0 aliphatic rings. The van der Waals surface area contributed by atoms with Gasteiger partial charge in [-0.2, -0.15) is 0 Å². The fourth-order valence-corrected chi connectivity index (χ4v) is 4.10. The fourth-order valence-electron chi connectivity index (χ4n) is 3.11. The summed E-state index contributed by atoms with van der Waals surface area (Å²) in [5, 5.41) is 11.3. The molecule has 0 saturated carbocycles. The third kappa shape index (κ3) is 2.88. The Balaban J connectivity index is 1.67. The largest absolute Gasteiger partial charge is 0.264 e. The molecule has 0 bridgehead atoms. The molecule has 0 aliphatic heterocycles. The number of hydrogen-bond acceptors (Lipinski definition) is 5. The van der Waals surface area contributed by atoms with E-state index in [9.17, 15) is 0 Å². The number of aromatic nitrogens is 4. The molecule has 0 spiro atoms. The number of fused-ring (bicyclic) bond motifs is 1. The Morgan fingerprint density at radius 1 is 0.630 bits per heavy atom. The Morgan fingerprint density at radius 3 is 2.19 bits per heavy atom. The van der Waals surface area contributed by atoms with E-state index in [0.29, 0.717) is 0 Å². The van der Waals surface area contributed by atoms with Gasteiger partial charge in [0.05, 0.1) is 15.4 Å². The number of benzene rings is 1. The number of rotatable bonds is 3. The monoisotopic (exact) mass is 366 g/mol. The van der Waals surface area contributed by atoms with Crippen molar-refractivity contribution >= 4 is 22.1 Å². The molecule has 5 rings (SSSR count). The molecule has 0 unspecified atom stereocenters. The van der Waals surface area contributed by atoms with Crippen LogP contribution in [0.25, 0.3) is 43.2 Å². The second kappa shape index (κ2) is 6.70. The minimum atomic E-state index is 0.851. The van der Waals surface area contributed by atoms with Crippen LogP contribution in [0.3, 0.4) is 0 Å². The van der Waals surface area contributed by atoms with E-state index in [1.807, 2.05) is 54.9 Å². The Labute approximate surface area is 160 Å². The lowest BCUT2D eigenvalue weighted by Crippen LogP contribution is -1.94. The van der Waals surface area contributed by atoms with Gasteiger partial charge in [-0.3, -0.25) is 9.97 Å². The first-order valence-electron chi connectivity index (χ1n) is 8.57. The lowest BCUT2D eigenvalue weighted by molar-refractivity contribution is 1.06. The van der Waals surface area contributed by atoms with Gasteiger partial charge < -0.3 is 0 Å². The van der Waals surface area contributed by atoms with E-state index in [2.05, 4.69) is 44.4 Å². The molecule has 0 atom stereocenters. The lowest BCUT2D eigenvalue weighted by atomic mass is 10.0. The van der Waals surface area contributed by atoms with E-state index in [0.717, 1.165) is 43.2 Å². The second-order valence-corrected chi connectivity index (χ2v) is 7.15. The maximum absolute atomic E-state index is 4.57. The van der Waals surface area contributed by atoms with Gasteiger partial charge in [0.15, 0.2) is 0 Å². The third-order valence-corrected chi connectivity index (χ3v) is 5.49. The van der Waals surface area contributed by atoms with Crippen molar-refractivity contribution in [1.29, 1.82) is 0 Å². The van der Waals surface area contributed by atoms with Crippen LogP contribution >= 0.6 is 11.3 Å². The zero-order chi connectivity index (χ0) is 18.1. The van der Waals surface area contributed by atoms with Gasteiger partial charge in [0.2, 0.25) is 0 Å². The maximum Gasteiger partial charge on any atom is 0.111 e. The van der Waals surface area contributed by atoms with Crippen LogP contribution in [0.5, 0.6) is 0 Å². The number of pyridine rings is 2. The van der Waals surface area contributed by atoms with Crippen molar-refractivity contribution in [2.45, 2.75) is 0 Å². The number of thiophene rings is 1. The van der Waals surface area contributed by atoms with Gasteiger partial charge in [-0.05, 0) is 36.4 Å². The van der Waals surface area contributed by atoms with Crippen molar-refractivity contribution in [3.8, 4) is 32.4 Å². The molecule has 0 amide bonds. The van der Waals surface area contributed by atoms with Gasteiger partial charge >= 0.3 is 0 Å². The molecule has 27 heavy (non-hydrogen) atoms. The van der Waals surface area contributed by atoms with Crippen LogP contribution < -0.4 is 0 Å². The number of hydrogen-bond donors (Lipinski definition) is 0. The van der Waals surface area contributed by atoms with Gasteiger partial charge in [-0.1, -0.05) is 30.3 Å². The summed E-state index contributed by atoms with van der Waals surface area (Å²) in [5.41, 5.74) is 3.68. The summed E-state index contributed by atoms with van der Waals surface area (Å²) < 4.78 is 0. The van der Waals surface area contributed by atoms with Crippen molar-refractivity contribution in [3.63, 3.8) is 0 Å². The Morgan fingerprint density at radius 2 is 1.41 bits per heavy atom. The molecule has 5 aromatic rings. The van der Waals surface area contributed by atoms with Gasteiger partial charge in [-0.15, -0.1) is 21.5 Å². The number of nitrogens with zero attached hydrogens (tertiary/aromatic N) is 4. The summed E-state index contributed by atoms with van der Waals surface area (Å²) in [4.78, 5) is 10.9. The van der Waals surface area contributed by atoms with Crippen LogP contribution in [-0.2, 0) is 0 Å². The first-order chi connectivity index (χ1) is 13.4. The van der Waals surface area contributed by atoms with Crippen LogP contribution in [0.4, 0.5) is 0 Å².